The lowest BCUT2D eigenvalue weighted by molar-refractivity contribution is 0.157. The number of nitrogens with one attached hydrogen (secondary N) is 2. The number of H-pyrrole nitrogens is 1. The van der Waals surface area contributed by atoms with E-state index in [0.717, 1.165) is 25.3 Å². The summed E-state index contributed by atoms with van der Waals surface area (Å²) in [5.74, 6) is -0.914. The topological polar surface area (TPSA) is 69.4 Å². The van der Waals surface area contributed by atoms with Crippen LogP contribution in [0.25, 0.3) is 33.3 Å². The van der Waals surface area contributed by atoms with Gasteiger partial charge in [-0.2, -0.15) is 5.26 Å². The van der Waals surface area contributed by atoms with Crippen molar-refractivity contribution in [3.05, 3.63) is 59.8 Å². The second-order valence-corrected chi connectivity index (χ2v) is 9.83. The van der Waals surface area contributed by atoms with Crippen LogP contribution in [-0.2, 0) is 7.05 Å². The fourth-order valence-electron chi connectivity index (χ4n) is 5.97. The second kappa shape index (κ2) is 8.19. The molecule has 1 atom stereocenters. The molecule has 4 aromatic rings. The number of pyridine rings is 1. The van der Waals surface area contributed by atoms with Crippen molar-refractivity contribution in [2.75, 3.05) is 5.32 Å². The molecule has 0 saturated heterocycles. The normalized spacial score (nSPS) is 21.4. The van der Waals surface area contributed by atoms with E-state index in [4.69, 9.17) is 0 Å². The van der Waals surface area contributed by atoms with Crippen LogP contribution < -0.4 is 5.32 Å². The quantitative estimate of drug-likeness (QED) is 0.353. The van der Waals surface area contributed by atoms with E-state index in [9.17, 15) is 14.0 Å². The average Bonchev–Trinajstić information content (AvgIpc) is 3.47. The molecule has 3 saturated carbocycles. The van der Waals surface area contributed by atoms with Gasteiger partial charge in [-0.25, -0.2) is 18.2 Å². The van der Waals surface area contributed by atoms with Crippen molar-refractivity contribution in [2.45, 2.75) is 38.1 Å². The highest BCUT2D eigenvalue weighted by Crippen LogP contribution is 2.44. The predicted octanol–water partition coefficient (Wildman–Crippen LogP) is 6.51. The van der Waals surface area contributed by atoms with Crippen molar-refractivity contribution in [2.24, 2.45) is 18.9 Å². The number of aromatic nitrogens is 3. The second-order valence-electron chi connectivity index (χ2n) is 9.83. The van der Waals surface area contributed by atoms with Gasteiger partial charge in [-0.05, 0) is 43.2 Å². The number of aromatic amines is 1. The van der Waals surface area contributed by atoms with E-state index in [2.05, 4.69) is 21.4 Å². The first-order valence-electron chi connectivity index (χ1n) is 11.9. The van der Waals surface area contributed by atoms with Crippen molar-refractivity contribution < 1.29 is 13.2 Å². The number of nitriles is 1. The van der Waals surface area contributed by atoms with Crippen LogP contribution in [0.5, 0.6) is 0 Å². The molecule has 0 radical (unpaired) electrons. The molecule has 8 heteroatoms. The number of halogens is 3. The lowest BCUT2D eigenvalue weighted by Crippen LogP contribution is -2.40. The largest absolute Gasteiger partial charge is 0.365 e. The van der Waals surface area contributed by atoms with E-state index >= 15 is 4.39 Å². The molecule has 3 aliphatic rings. The Morgan fingerprint density at radius 2 is 1.97 bits per heavy atom. The Bertz CT molecular complexity index is 1490. The van der Waals surface area contributed by atoms with Crippen molar-refractivity contribution in [3.8, 4) is 28.5 Å². The minimum Gasteiger partial charge on any atom is -0.365 e. The van der Waals surface area contributed by atoms with E-state index in [1.54, 1.807) is 23.0 Å². The zero-order valence-corrected chi connectivity index (χ0v) is 19.2. The van der Waals surface area contributed by atoms with E-state index in [1.807, 2.05) is 7.05 Å². The van der Waals surface area contributed by atoms with Crippen molar-refractivity contribution >= 4 is 16.7 Å². The van der Waals surface area contributed by atoms with Gasteiger partial charge in [-0.15, -0.1) is 0 Å². The molecule has 2 N–H and O–H groups in total. The molecule has 7 rings (SSSR count). The highest BCUT2D eigenvalue weighted by atomic mass is 19.1. The van der Waals surface area contributed by atoms with Crippen LogP contribution in [0, 0.1) is 40.6 Å². The first-order chi connectivity index (χ1) is 16.9. The summed E-state index contributed by atoms with van der Waals surface area (Å²) in [4.78, 5) is 7.41. The van der Waals surface area contributed by atoms with E-state index < -0.39 is 17.5 Å². The molecule has 2 bridgehead atoms. The molecular formula is C27H24F3N5. The maximum Gasteiger partial charge on any atom is 0.174 e. The maximum absolute atomic E-state index is 16.1. The van der Waals surface area contributed by atoms with Gasteiger partial charge in [0.05, 0.1) is 16.8 Å². The van der Waals surface area contributed by atoms with Gasteiger partial charge in [-0.3, -0.25) is 0 Å². The molecule has 3 aromatic heterocycles. The molecule has 1 aromatic carbocycles. The van der Waals surface area contributed by atoms with Crippen LogP contribution in [0.4, 0.5) is 19.0 Å². The summed E-state index contributed by atoms with van der Waals surface area (Å²) in [6.45, 7) is 0. The molecule has 3 aliphatic carbocycles. The average molecular weight is 476 g/mol. The monoisotopic (exact) mass is 475 g/mol. The number of fused-ring (bicyclic) bond motifs is 4. The highest BCUT2D eigenvalue weighted by molar-refractivity contribution is 5.98. The zero-order chi connectivity index (χ0) is 24.3. The number of hydrogen-bond acceptors (Lipinski definition) is 3. The molecule has 0 amide bonds. The summed E-state index contributed by atoms with van der Waals surface area (Å²) in [5, 5.41) is 13.7. The zero-order valence-electron chi connectivity index (χ0n) is 19.2. The lowest BCUT2D eigenvalue weighted by atomic mass is 9.68. The molecular weight excluding hydrogens is 451 g/mol. The number of hydrogen-bond donors (Lipinski definition) is 2. The minimum absolute atomic E-state index is 0.0231. The van der Waals surface area contributed by atoms with Gasteiger partial charge in [0.15, 0.2) is 11.6 Å². The maximum atomic E-state index is 16.1. The third kappa shape index (κ3) is 3.57. The molecule has 0 spiro atoms. The Labute approximate surface area is 200 Å². The lowest BCUT2D eigenvalue weighted by Gasteiger charge is -2.42. The number of nitrogens with zero attached hydrogens (tertiary/aromatic N) is 3. The van der Waals surface area contributed by atoms with E-state index in [-0.39, 0.29) is 39.6 Å². The molecule has 5 nitrogen and oxygen atoms in total. The SMILES string of the molecule is Cn1ccc(-c2c(F)c(NC3CC4CCC3CC4)nc(-c3c[nH]c4c(F)cc(F)cc34)c2C#N)c1. The van der Waals surface area contributed by atoms with Crippen molar-refractivity contribution in [1.82, 2.24) is 14.5 Å². The van der Waals surface area contributed by atoms with Gasteiger partial charge < -0.3 is 14.9 Å². The summed E-state index contributed by atoms with van der Waals surface area (Å²) in [6, 6.07) is 5.95. The number of rotatable bonds is 4. The Hall–Kier alpha value is -3.73. The summed E-state index contributed by atoms with van der Waals surface area (Å²) >= 11 is 0. The number of anilines is 1. The Kier molecular flexibility index (Phi) is 5.10. The molecule has 3 heterocycles. The molecule has 35 heavy (non-hydrogen) atoms. The molecule has 3 fully saturated rings. The van der Waals surface area contributed by atoms with Gasteiger partial charge in [0.25, 0.3) is 0 Å². The third-order valence-electron chi connectivity index (χ3n) is 7.70. The van der Waals surface area contributed by atoms with Crippen molar-refractivity contribution in [3.63, 3.8) is 0 Å². The fraction of sp³-hybridized carbons (Fsp3) is 0.333. The Balaban J connectivity index is 1.57. The van der Waals surface area contributed by atoms with Crippen LogP contribution in [0.2, 0.25) is 0 Å². The summed E-state index contributed by atoms with van der Waals surface area (Å²) in [7, 11) is 1.82. The Morgan fingerprint density at radius 1 is 1.17 bits per heavy atom. The van der Waals surface area contributed by atoms with Gasteiger partial charge in [-0.1, -0.05) is 12.8 Å². The number of aryl methyl sites for hydroxylation is 1. The Morgan fingerprint density at radius 3 is 2.63 bits per heavy atom. The fourth-order valence-corrected chi connectivity index (χ4v) is 5.97. The van der Waals surface area contributed by atoms with E-state index in [0.29, 0.717) is 23.0 Å². The molecule has 178 valence electrons. The van der Waals surface area contributed by atoms with Gasteiger partial charge >= 0.3 is 0 Å². The predicted molar refractivity (Wildman–Crippen MR) is 128 cm³/mol. The van der Waals surface area contributed by atoms with Crippen LogP contribution in [0.15, 0.2) is 36.8 Å². The smallest absolute Gasteiger partial charge is 0.174 e. The van der Waals surface area contributed by atoms with Crippen LogP contribution in [0.1, 0.15) is 37.7 Å². The van der Waals surface area contributed by atoms with Crippen LogP contribution in [0.3, 0.4) is 0 Å². The summed E-state index contributed by atoms with van der Waals surface area (Å²) in [5.41, 5.74) is 1.34. The van der Waals surface area contributed by atoms with Gasteiger partial charge in [0, 0.05) is 59.8 Å². The first kappa shape index (κ1) is 21.8. The third-order valence-corrected chi connectivity index (χ3v) is 7.70. The minimum atomic E-state index is -0.744. The molecule has 0 aliphatic heterocycles. The van der Waals surface area contributed by atoms with Gasteiger partial charge in [0.2, 0.25) is 0 Å². The van der Waals surface area contributed by atoms with Crippen LogP contribution in [-0.4, -0.2) is 20.6 Å². The number of benzene rings is 1. The highest BCUT2D eigenvalue weighted by Gasteiger charge is 2.36. The summed E-state index contributed by atoms with van der Waals surface area (Å²) in [6.07, 6.45) is 10.6. The van der Waals surface area contributed by atoms with Gasteiger partial charge in [0.1, 0.15) is 17.7 Å². The van der Waals surface area contributed by atoms with Crippen LogP contribution >= 0.6 is 0 Å². The van der Waals surface area contributed by atoms with E-state index in [1.165, 1.54) is 25.1 Å². The molecule has 1 unspecified atom stereocenters. The first-order valence-corrected chi connectivity index (χ1v) is 11.9. The standard InChI is InChI=1S/C27H24F3N5/c1-35-7-6-16(13-35)23-19(11-31)25(20-12-32-26-18(20)9-17(28)10-21(26)29)34-27(24(23)30)33-22-8-14-2-4-15(22)5-3-14/h6-7,9-10,12-15,22,32H,2-5,8H2,1H3,(H,33,34). The summed E-state index contributed by atoms with van der Waals surface area (Å²) < 4.78 is 46.4. The van der Waals surface area contributed by atoms with Crippen molar-refractivity contribution in [1.29, 1.82) is 5.26 Å².